The number of aromatic nitrogens is 2. The standard InChI is InChI=1S/C9H8BrN3O2/c10-6-3-8(11-4-6)9(14)12-5-7-1-2-15-13-7/h1-4,11H,5H2,(H,12,14). The van der Waals surface area contributed by atoms with Gasteiger partial charge >= 0.3 is 0 Å². The monoisotopic (exact) mass is 269 g/mol. The highest BCUT2D eigenvalue weighted by molar-refractivity contribution is 9.10. The minimum absolute atomic E-state index is 0.177. The van der Waals surface area contributed by atoms with Crippen molar-refractivity contribution in [2.24, 2.45) is 0 Å². The van der Waals surface area contributed by atoms with Crippen molar-refractivity contribution in [3.63, 3.8) is 0 Å². The van der Waals surface area contributed by atoms with Crippen molar-refractivity contribution in [3.05, 3.63) is 40.5 Å². The minimum Gasteiger partial charge on any atom is -0.364 e. The first-order chi connectivity index (χ1) is 7.25. The lowest BCUT2D eigenvalue weighted by atomic mass is 10.4. The molecule has 0 radical (unpaired) electrons. The van der Waals surface area contributed by atoms with Crippen LogP contribution in [-0.2, 0) is 6.54 Å². The van der Waals surface area contributed by atoms with E-state index < -0.39 is 0 Å². The Labute approximate surface area is 94.0 Å². The molecule has 5 nitrogen and oxygen atoms in total. The molecule has 6 heteroatoms. The maximum absolute atomic E-state index is 11.5. The Morgan fingerprint density at radius 1 is 1.67 bits per heavy atom. The van der Waals surface area contributed by atoms with Crippen LogP contribution in [0, 0.1) is 0 Å². The number of hydrogen-bond acceptors (Lipinski definition) is 3. The molecule has 0 spiro atoms. The summed E-state index contributed by atoms with van der Waals surface area (Å²) in [6.45, 7) is 0.353. The normalized spacial score (nSPS) is 10.2. The first-order valence-electron chi connectivity index (χ1n) is 4.27. The van der Waals surface area contributed by atoms with Crippen LogP contribution in [0.3, 0.4) is 0 Å². The van der Waals surface area contributed by atoms with Crippen LogP contribution in [0.15, 0.2) is 33.6 Å². The molecule has 78 valence electrons. The van der Waals surface area contributed by atoms with Crippen molar-refractivity contribution < 1.29 is 9.32 Å². The summed E-state index contributed by atoms with van der Waals surface area (Å²) in [4.78, 5) is 14.4. The van der Waals surface area contributed by atoms with E-state index in [1.54, 1.807) is 18.3 Å². The van der Waals surface area contributed by atoms with Gasteiger partial charge in [0, 0.05) is 16.7 Å². The van der Waals surface area contributed by atoms with Gasteiger partial charge in [0.25, 0.3) is 5.91 Å². The smallest absolute Gasteiger partial charge is 0.268 e. The fraction of sp³-hybridized carbons (Fsp3) is 0.111. The van der Waals surface area contributed by atoms with Crippen LogP contribution < -0.4 is 5.32 Å². The number of nitrogens with one attached hydrogen (secondary N) is 2. The predicted octanol–water partition coefficient (Wildman–Crippen LogP) is 1.70. The third-order valence-corrected chi connectivity index (χ3v) is 2.27. The minimum atomic E-state index is -0.177. The molecular formula is C9H8BrN3O2. The lowest BCUT2D eigenvalue weighted by Crippen LogP contribution is -2.23. The van der Waals surface area contributed by atoms with Crippen molar-refractivity contribution in [3.8, 4) is 0 Å². The zero-order chi connectivity index (χ0) is 10.7. The average Bonchev–Trinajstić information content (AvgIpc) is 2.84. The number of carbonyl (C=O) groups excluding carboxylic acids is 1. The molecule has 1 amide bonds. The summed E-state index contributed by atoms with van der Waals surface area (Å²) in [5.41, 5.74) is 1.19. The van der Waals surface area contributed by atoms with Crippen LogP contribution in [0.2, 0.25) is 0 Å². The summed E-state index contributed by atoms with van der Waals surface area (Å²) >= 11 is 3.25. The van der Waals surface area contributed by atoms with Crippen LogP contribution in [0.5, 0.6) is 0 Å². The zero-order valence-electron chi connectivity index (χ0n) is 7.66. The molecule has 2 heterocycles. The number of rotatable bonds is 3. The maximum Gasteiger partial charge on any atom is 0.268 e. The van der Waals surface area contributed by atoms with Crippen molar-refractivity contribution in [2.45, 2.75) is 6.54 Å². The Bertz CT molecular complexity index is 450. The van der Waals surface area contributed by atoms with Gasteiger partial charge < -0.3 is 14.8 Å². The van der Waals surface area contributed by atoms with Crippen molar-refractivity contribution in [2.75, 3.05) is 0 Å². The van der Waals surface area contributed by atoms with Crippen LogP contribution in [0.1, 0.15) is 16.2 Å². The highest BCUT2D eigenvalue weighted by atomic mass is 79.9. The van der Waals surface area contributed by atoms with E-state index in [9.17, 15) is 4.79 Å². The number of halogens is 1. The molecule has 0 fully saturated rings. The molecule has 0 atom stereocenters. The van der Waals surface area contributed by atoms with Crippen LogP contribution >= 0.6 is 15.9 Å². The van der Waals surface area contributed by atoms with Gasteiger partial charge in [-0.25, -0.2) is 0 Å². The van der Waals surface area contributed by atoms with Crippen molar-refractivity contribution in [1.82, 2.24) is 15.5 Å². The van der Waals surface area contributed by atoms with E-state index in [4.69, 9.17) is 0 Å². The van der Waals surface area contributed by atoms with E-state index in [-0.39, 0.29) is 5.91 Å². The topological polar surface area (TPSA) is 70.9 Å². The summed E-state index contributed by atoms with van der Waals surface area (Å²) < 4.78 is 5.48. The number of aromatic amines is 1. The Balaban J connectivity index is 1.93. The maximum atomic E-state index is 11.5. The van der Waals surface area contributed by atoms with Crippen molar-refractivity contribution >= 4 is 21.8 Å². The molecule has 0 bridgehead atoms. The van der Waals surface area contributed by atoms with E-state index in [0.717, 1.165) is 4.47 Å². The average molecular weight is 270 g/mol. The molecule has 0 aliphatic carbocycles. The Hall–Kier alpha value is -1.56. The Morgan fingerprint density at radius 2 is 2.53 bits per heavy atom. The van der Waals surface area contributed by atoms with Gasteiger partial charge in [0.05, 0.1) is 6.54 Å². The molecule has 2 N–H and O–H groups in total. The van der Waals surface area contributed by atoms with E-state index >= 15 is 0 Å². The van der Waals surface area contributed by atoms with E-state index in [1.807, 2.05) is 0 Å². The zero-order valence-corrected chi connectivity index (χ0v) is 9.24. The second kappa shape index (κ2) is 4.31. The van der Waals surface area contributed by atoms with Crippen LogP contribution in [0.25, 0.3) is 0 Å². The van der Waals surface area contributed by atoms with Crippen LogP contribution in [0.4, 0.5) is 0 Å². The summed E-state index contributed by atoms with van der Waals surface area (Å²) in [6.07, 6.45) is 3.16. The van der Waals surface area contributed by atoms with Gasteiger partial charge in [-0.15, -0.1) is 0 Å². The number of nitrogens with zero attached hydrogens (tertiary/aromatic N) is 1. The molecule has 0 saturated heterocycles. The second-order valence-electron chi connectivity index (χ2n) is 2.91. The number of carbonyl (C=O) groups is 1. The van der Waals surface area contributed by atoms with E-state index in [1.165, 1.54) is 6.26 Å². The number of hydrogen-bond donors (Lipinski definition) is 2. The molecular weight excluding hydrogens is 262 g/mol. The third-order valence-electron chi connectivity index (χ3n) is 1.81. The van der Waals surface area contributed by atoms with Crippen LogP contribution in [-0.4, -0.2) is 16.0 Å². The molecule has 15 heavy (non-hydrogen) atoms. The summed E-state index contributed by atoms with van der Waals surface area (Å²) in [7, 11) is 0. The highest BCUT2D eigenvalue weighted by Crippen LogP contribution is 2.10. The van der Waals surface area contributed by atoms with Gasteiger partial charge in [-0.2, -0.15) is 0 Å². The molecule has 0 aliphatic rings. The third kappa shape index (κ3) is 2.47. The Kier molecular flexibility index (Phi) is 2.86. The summed E-state index contributed by atoms with van der Waals surface area (Å²) in [5, 5.41) is 6.38. The lowest BCUT2D eigenvalue weighted by Gasteiger charge is -1.99. The van der Waals surface area contributed by atoms with Gasteiger partial charge in [-0.1, -0.05) is 5.16 Å². The molecule has 0 aliphatic heterocycles. The Morgan fingerprint density at radius 3 is 3.13 bits per heavy atom. The largest absolute Gasteiger partial charge is 0.364 e. The summed E-state index contributed by atoms with van der Waals surface area (Å²) in [5.74, 6) is -0.177. The van der Waals surface area contributed by atoms with Gasteiger partial charge in [0.15, 0.2) is 0 Å². The first-order valence-corrected chi connectivity index (χ1v) is 5.06. The molecule has 0 aromatic carbocycles. The molecule has 2 aromatic rings. The first kappa shape index (κ1) is 9.97. The second-order valence-corrected chi connectivity index (χ2v) is 3.82. The fourth-order valence-electron chi connectivity index (χ4n) is 1.09. The number of H-pyrrole nitrogens is 1. The van der Waals surface area contributed by atoms with Gasteiger partial charge in [-0.3, -0.25) is 4.79 Å². The molecule has 0 saturated carbocycles. The summed E-state index contributed by atoms with van der Waals surface area (Å²) in [6, 6.07) is 3.41. The van der Waals surface area contributed by atoms with Crippen molar-refractivity contribution in [1.29, 1.82) is 0 Å². The van der Waals surface area contributed by atoms with Gasteiger partial charge in [0.1, 0.15) is 17.7 Å². The number of amides is 1. The molecule has 2 aromatic heterocycles. The molecule has 2 rings (SSSR count). The quantitative estimate of drug-likeness (QED) is 0.891. The van der Waals surface area contributed by atoms with E-state index in [0.29, 0.717) is 17.9 Å². The predicted molar refractivity (Wildman–Crippen MR) is 56.2 cm³/mol. The lowest BCUT2D eigenvalue weighted by molar-refractivity contribution is 0.0945. The van der Waals surface area contributed by atoms with E-state index in [2.05, 4.69) is 35.9 Å². The highest BCUT2D eigenvalue weighted by Gasteiger charge is 2.07. The fourth-order valence-corrected chi connectivity index (χ4v) is 1.44. The SMILES string of the molecule is O=C(NCc1ccon1)c1cc(Br)c[nH]1. The molecule has 0 unspecified atom stereocenters. The van der Waals surface area contributed by atoms with Gasteiger partial charge in [0.2, 0.25) is 0 Å². The van der Waals surface area contributed by atoms with Gasteiger partial charge in [-0.05, 0) is 22.0 Å².